The second-order valence-electron chi connectivity index (χ2n) is 5.06. The maximum Gasteiger partial charge on any atom is 0.227 e. The molecule has 1 aromatic heterocycles. The third kappa shape index (κ3) is 2.41. The van der Waals surface area contributed by atoms with Gasteiger partial charge in [-0.1, -0.05) is 19.1 Å². The highest BCUT2D eigenvalue weighted by Crippen LogP contribution is 2.23. The second kappa shape index (κ2) is 5.63. The Labute approximate surface area is 119 Å². The Balaban J connectivity index is 1.92. The Bertz CT molecular complexity index is 590. The minimum absolute atomic E-state index is 0.837. The first-order chi connectivity index (χ1) is 9.81. The second-order valence-corrected chi connectivity index (χ2v) is 5.06. The number of hydrogen-bond donors (Lipinski definition) is 1. The van der Waals surface area contributed by atoms with E-state index in [2.05, 4.69) is 33.1 Å². The summed E-state index contributed by atoms with van der Waals surface area (Å²) in [5.41, 5.74) is 1.000. The van der Waals surface area contributed by atoms with E-state index in [1.54, 1.807) is 0 Å². The molecule has 0 aliphatic carbocycles. The van der Waals surface area contributed by atoms with Crippen molar-refractivity contribution >= 4 is 22.7 Å². The van der Waals surface area contributed by atoms with Crippen molar-refractivity contribution < 1.29 is 0 Å². The number of likely N-dealkylation sites (N-methyl/N-ethyl adjacent to an activating group) is 1. The van der Waals surface area contributed by atoms with E-state index in [-0.39, 0.29) is 0 Å². The van der Waals surface area contributed by atoms with E-state index in [9.17, 15) is 0 Å². The molecule has 3 rings (SSSR count). The van der Waals surface area contributed by atoms with Crippen LogP contribution in [0.5, 0.6) is 0 Å². The molecule has 0 bridgehead atoms. The normalized spacial score (nSPS) is 16.6. The summed E-state index contributed by atoms with van der Waals surface area (Å²) in [6.07, 6.45) is 0. The summed E-state index contributed by atoms with van der Waals surface area (Å²) in [6, 6.07) is 8.14. The van der Waals surface area contributed by atoms with Crippen LogP contribution in [0.3, 0.4) is 0 Å². The van der Waals surface area contributed by atoms with Gasteiger partial charge in [-0.05, 0) is 18.7 Å². The Morgan fingerprint density at radius 3 is 2.55 bits per heavy atom. The number of anilines is 2. The van der Waals surface area contributed by atoms with Gasteiger partial charge in [0.2, 0.25) is 5.95 Å². The molecule has 1 saturated heterocycles. The number of rotatable bonds is 3. The van der Waals surface area contributed by atoms with Gasteiger partial charge in [-0.3, -0.25) is 0 Å². The number of fused-ring (bicyclic) bond motifs is 1. The predicted molar refractivity (Wildman–Crippen MR) is 83.4 cm³/mol. The summed E-state index contributed by atoms with van der Waals surface area (Å²) in [5, 5.41) is 4.26. The molecular formula is C15H21N5. The maximum absolute atomic E-state index is 4.71. The zero-order valence-electron chi connectivity index (χ0n) is 12.1. The Morgan fingerprint density at radius 1 is 1.10 bits per heavy atom. The molecular weight excluding hydrogens is 250 g/mol. The highest BCUT2D eigenvalue weighted by atomic mass is 15.3. The molecule has 20 heavy (non-hydrogen) atoms. The fourth-order valence-corrected chi connectivity index (χ4v) is 2.66. The van der Waals surface area contributed by atoms with E-state index in [4.69, 9.17) is 4.98 Å². The lowest BCUT2D eigenvalue weighted by Gasteiger charge is -2.34. The molecule has 106 valence electrons. The van der Waals surface area contributed by atoms with Crippen molar-refractivity contribution in [2.75, 3.05) is 50.0 Å². The van der Waals surface area contributed by atoms with Gasteiger partial charge in [-0.25, -0.2) is 4.98 Å². The molecule has 5 nitrogen and oxygen atoms in total. The van der Waals surface area contributed by atoms with Crippen LogP contribution in [0.15, 0.2) is 24.3 Å². The van der Waals surface area contributed by atoms with Gasteiger partial charge < -0.3 is 15.1 Å². The lowest BCUT2D eigenvalue weighted by molar-refractivity contribution is 0.270. The van der Waals surface area contributed by atoms with Crippen LogP contribution in [0.25, 0.3) is 10.9 Å². The number of piperazine rings is 1. The first-order valence-corrected chi connectivity index (χ1v) is 7.23. The van der Waals surface area contributed by atoms with Gasteiger partial charge in [0, 0.05) is 38.6 Å². The average molecular weight is 271 g/mol. The topological polar surface area (TPSA) is 44.3 Å². The molecule has 0 spiro atoms. The first-order valence-electron chi connectivity index (χ1n) is 7.23. The Morgan fingerprint density at radius 2 is 1.85 bits per heavy atom. The monoisotopic (exact) mass is 271 g/mol. The zero-order valence-corrected chi connectivity index (χ0v) is 12.1. The van der Waals surface area contributed by atoms with Crippen LogP contribution in [0, 0.1) is 0 Å². The van der Waals surface area contributed by atoms with E-state index in [0.29, 0.717) is 0 Å². The van der Waals surface area contributed by atoms with E-state index < -0.39 is 0 Å². The van der Waals surface area contributed by atoms with Crippen molar-refractivity contribution in [3.8, 4) is 0 Å². The summed E-state index contributed by atoms with van der Waals surface area (Å²) in [4.78, 5) is 14.1. The number of nitrogens with zero attached hydrogens (tertiary/aromatic N) is 4. The maximum atomic E-state index is 4.71. The summed E-state index contributed by atoms with van der Waals surface area (Å²) >= 11 is 0. The van der Waals surface area contributed by atoms with Crippen molar-refractivity contribution in [2.45, 2.75) is 6.92 Å². The molecule has 1 aliphatic rings. The molecule has 0 unspecified atom stereocenters. The highest BCUT2D eigenvalue weighted by Gasteiger charge is 2.19. The lowest BCUT2D eigenvalue weighted by atomic mass is 10.2. The van der Waals surface area contributed by atoms with Crippen LogP contribution >= 0.6 is 0 Å². The zero-order chi connectivity index (χ0) is 13.9. The molecule has 0 amide bonds. The minimum Gasteiger partial charge on any atom is -0.372 e. The fraction of sp³-hybridized carbons (Fsp3) is 0.467. The molecule has 1 fully saturated rings. The number of benzene rings is 1. The summed E-state index contributed by atoms with van der Waals surface area (Å²) in [7, 11) is 1.91. The number of hydrogen-bond acceptors (Lipinski definition) is 5. The Kier molecular flexibility index (Phi) is 3.69. The minimum atomic E-state index is 0.837. The standard InChI is InChI=1S/C15H21N5/c1-3-19-8-10-20(11-9-19)15-17-13-7-5-4-6-12(13)14(16-2)18-15/h4-7H,3,8-11H2,1-2H3,(H,16,17,18). The average Bonchev–Trinajstić information content (AvgIpc) is 2.54. The molecule has 0 radical (unpaired) electrons. The van der Waals surface area contributed by atoms with Gasteiger partial charge >= 0.3 is 0 Å². The predicted octanol–water partition coefficient (Wildman–Crippen LogP) is 1.81. The number of para-hydroxylation sites is 1. The molecule has 2 aromatic rings. The van der Waals surface area contributed by atoms with Crippen molar-refractivity contribution in [1.82, 2.24) is 14.9 Å². The molecule has 1 aromatic carbocycles. The van der Waals surface area contributed by atoms with Crippen molar-refractivity contribution in [3.05, 3.63) is 24.3 Å². The summed E-state index contributed by atoms with van der Waals surface area (Å²) in [5.74, 6) is 1.74. The number of aromatic nitrogens is 2. The van der Waals surface area contributed by atoms with Crippen molar-refractivity contribution in [3.63, 3.8) is 0 Å². The van der Waals surface area contributed by atoms with E-state index in [1.807, 2.05) is 25.2 Å². The SMILES string of the molecule is CCN1CCN(c2nc(NC)c3ccccc3n2)CC1. The largest absolute Gasteiger partial charge is 0.372 e. The van der Waals surface area contributed by atoms with Crippen LogP contribution in [0.2, 0.25) is 0 Å². The highest BCUT2D eigenvalue weighted by molar-refractivity contribution is 5.89. The van der Waals surface area contributed by atoms with Crippen molar-refractivity contribution in [1.29, 1.82) is 0 Å². The molecule has 1 aliphatic heterocycles. The van der Waals surface area contributed by atoms with Gasteiger partial charge in [0.15, 0.2) is 0 Å². The van der Waals surface area contributed by atoms with E-state index in [1.165, 1.54) is 0 Å². The van der Waals surface area contributed by atoms with Crippen LogP contribution in [0.4, 0.5) is 11.8 Å². The van der Waals surface area contributed by atoms with Crippen LogP contribution in [-0.2, 0) is 0 Å². The molecule has 0 saturated carbocycles. The fourth-order valence-electron chi connectivity index (χ4n) is 2.66. The van der Waals surface area contributed by atoms with Gasteiger partial charge in [-0.2, -0.15) is 4.98 Å². The molecule has 1 N–H and O–H groups in total. The van der Waals surface area contributed by atoms with Crippen LogP contribution in [-0.4, -0.2) is 54.6 Å². The first kappa shape index (κ1) is 13.1. The summed E-state index contributed by atoms with van der Waals surface area (Å²) < 4.78 is 0. The third-order valence-electron chi connectivity index (χ3n) is 3.93. The molecule has 2 heterocycles. The lowest BCUT2D eigenvalue weighted by Crippen LogP contribution is -2.46. The van der Waals surface area contributed by atoms with Gasteiger partial charge in [0.1, 0.15) is 5.82 Å². The third-order valence-corrected chi connectivity index (χ3v) is 3.93. The van der Waals surface area contributed by atoms with Crippen LogP contribution in [0.1, 0.15) is 6.92 Å². The van der Waals surface area contributed by atoms with Gasteiger partial charge in [0.25, 0.3) is 0 Å². The van der Waals surface area contributed by atoms with E-state index >= 15 is 0 Å². The quantitative estimate of drug-likeness (QED) is 0.922. The Hall–Kier alpha value is -1.88. The van der Waals surface area contributed by atoms with Gasteiger partial charge in [0.05, 0.1) is 5.52 Å². The number of nitrogens with one attached hydrogen (secondary N) is 1. The summed E-state index contributed by atoms with van der Waals surface area (Å²) in [6.45, 7) is 7.49. The smallest absolute Gasteiger partial charge is 0.227 e. The molecule has 5 heteroatoms. The van der Waals surface area contributed by atoms with Gasteiger partial charge in [-0.15, -0.1) is 0 Å². The van der Waals surface area contributed by atoms with Crippen molar-refractivity contribution in [2.24, 2.45) is 0 Å². The molecule has 0 atom stereocenters. The van der Waals surface area contributed by atoms with E-state index in [0.717, 1.165) is 55.4 Å². The van der Waals surface area contributed by atoms with Crippen LogP contribution < -0.4 is 10.2 Å².